The van der Waals surface area contributed by atoms with Crippen LogP contribution in [-0.2, 0) is 4.79 Å². The normalized spacial score (nSPS) is 14.8. The van der Waals surface area contributed by atoms with Crippen LogP contribution >= 0.6 is 0 Å². The highest BCUT2D eigenvalue weighted by Crippen LogP contribution is 2.19. The first kappa shape index (κ1) is 15.4. The summed E-state index contributed by atoms with van der Waals surface area (Å²) >= 11 is 0. The minimum Gasteiger partial charge on any atom is -0.497 e. The van der Waals surface area contributed by atoms with E-state index in [0.717, 1.165) is 24.3 Å². The topological polar surface area (TPSA) is 38.3 Å². The van der Waals surface area contributed by atoms with Crippen molar-refractivity contribution in [3.8, 4) is 5.75 Å². The van der Waals surface area contributed by atoms with Crippen molar-refractivity contribution in [2.24, 2.45) is 0 Å². The maximum Gasteiger partial charge on any atom is 0.244 e. The highest BCUT2D eigenvalue weighted by molar-refractivity contribution is 5.91. The molecule has 2 rings (SSSR count). The fraction of sp³-hybridized carbons (Fsp3) is 0.389. The number of allylic oxidation sites excluding steroid dienone is 1. The molecule has 3 heteroatoms. The molecule has 112 valence electrons. The maximum absolute atomic E-state index is 11.7. The Hall–Kier alpha value is -2.03. The second-order valence-electron chi connectivity index (χ2n) is 5.26. The van der Waals surface area contributed by atoms with E-state index in [1.807, 2.05) is 30.3 Å². The Kier molecular flexibility index (Phi) is 6.07. The Morgan fingerprint density at radius 1 is 1.29 bits per heavy atom. The molecule has 0 saturated carbocycles. The number of amides is 1. The summed E-state index contributed by atoms with van der Waals surface area (Å²) in [5.74, 6) is 0.777. The molecule has 0 heterocycles. The zero-order chi connectivity index (χ0) is 14.9. The van der Waals surface area contributed by atoms with E-state index in [9.17, 15) is 4.79 Å². The largest absolute Gasteiger partial charge is 0.497 e. The molecular weight excluding hydrogens is 262 g/mol. The second kappa shape index (κ2) is 8.30. The number of hydrogen-bond donors (Lipinski definition) is 1. The molecule has 1 aliphatic rings. The highest BCUT2D eigenvalue weighted by atomic mass is 16.5. The number of ether oxygens (including phenoxy) is 1. The van der Waals surface area contributed by atoms with E-state index >= 15 is 0 Å². The fourth-order valence-corrected chi connectivity index (χ4v) is 2.42. The van der Waals surface area contributed by atoms with Crippen LogP contribution in [0.4, 0.5) is 0 Å². The summed E-state index contributed by atoms with van der Waals surface area (Å²) in [7, 11) is 1.64. The molecule has 1 aromatic rings. The lowest BCUT2D eigenvalue weighted by Crippen LogP contribution is -2.22. The number of methoxy groups -OCH3 is 1. The van der Waals surface area contributed by atoms with Crippen molar-refractivity contribution in [3.63, 3.8) is 0 Å². The Balaban J connectivity index is 1.72. The second-order valence-corrected chi connectivity index (χ2v) is 5.26. The molecule has 1 amide bonds. The number of rotatable bonds is 6. The molecule has 1 N–H and O–H groups in total. The van der Waals surface area contributed by atoms with Crippen LogP contribution in [0.5, 0.6) is 5.75 Å². The quantitative estimate of drug-likeness (QED) is 0.639. The van der Waals surface area contributed by atoms with Gasteiger partial charge >= 0.3 is 0 Å². The molecule has 1 aliphatic carbocycles. The first-order valence-electron chi connectivity index (χ1n) is 7.56. The van der Waals surface area contributed by atoms with Crippen LogP contribution in [0.2, 0.25) is 0 Å². The number of benzene rings is 1. The molecular formula is C18H23NO2. The number of hydrogen-bond acceptors (Lipinski definition) is 2. The highest BCUT2D eigenvalue weighted by Gasteiger charge is 2.03. The van der Waals surface area contributed by atoms with Gasteiger partial charge in [-0.05, 0) is 55.9 Å². The fourth-order valence-electron chi connectivity index (χ4n) is 2.42. The van der Waals surface area contributed by atoms with Gasteiger partial charge in [-0.1, -0.05) is 23.8 Å². The molecule has 0 fully saturated rings. The van der Waals surface area contributed by atoms with Gasteiger partial charge in [-0.3, -0.25) is 4.79 Å². The Morgan fingerprint density at radius 3 is 2.76 bits per heavy atom. The van der Waals surface area contributed by atoms with Gasteiger partial charge in [-0.15, -0.1) is 0 Å². The number of nitrogens with one attached hydrogen (secondary N) is 1. The Bertz CT molecular complexity index is 515. The van der Waals surface area contributed by atoms with Gasteiger partial charge in [0, 0.05) is 12.6 Å². The van der Waals surface area contributed by atoms with E-state index < -0.39 is 0 Å². The van der Waals surface area contributed by atoms with Gasteiger partial charge in [0.05, 0.1) is 7.11 Å². The summed E-state index contributed by atoms with van der Waals surface area (Å²) in [5, 5.41) is 2.93. The van der Waals surface area contributed by atoms with Gasteiger partial charge in [0.25, 0.3) is 0 Å². The number of carbonyl (C=O) groups excluding carboxylic acids is 1. The average Bonchev–Trinajstić information content (AvgIpc) is 2.54. The molecule has 0 aliphatic heterocycles. The van der Waals surface area contributed by atoms with E-state index in [1.165, 1.54) is 31.3 Å². The van der Waals surface area contributed by atoms with Crippen molar-refractivity contribution < 1.29 is 9.53 Å². The molecule has 0 bridgehead atoms. The molecule has 0 unspecified atom stereocenters. The van der Waals surface area contributed by atoms with Gasteiger partial charge in [-0.2, -0.15) is 0 Å². The molecule has 0 spiro atoms. The third-order valence-corrected chi connectivity index (χ3v) is 3.67. The first-order valence-corrected chi connectivity index (χ1v) is 7.56. The van der Waals surface area contributed by atoms with Crippen LogP contribution < -0.4 is 10.1 Å². The molecule has 3 nitrogen and oxygen atoms in total. The van der Waals surface area contributed by atoms with Crippen LogP contribution in [-0.4, -0.2) is 19.6 Å². The maximum atomic E-state index is 11.7. The Labute approximate surface area is 126 Å². The van der Waals surface area contributed by atoms with Crippen molar-refractivity contribution in [3.05, 3.63) is 47.6 Å². The lowest BCUT2D eigenvalue weighted by atomic mass is 9.97. The zero-order valence-electron chi connectivity index (χ0n) is 12.6. The van der Waals surface area contributed by atoms with E-state index in [2.05, 4.69) is 11.4 Å². The van der Waals surface area contributed by atoms with E-state index in [1.54, 1.807) is 13.2 Å². The van der Waals surface area contributed by atoms with Crippen LogP contribution in [0.15, 0.2) is 42.0 Å². The van der Waals surface area contributed by atoms with E-state index in [-0.39, 0.29) is 5.91 Å². The van der Waals surface area contributed by atoms with Crippen LogP contribution in [0, 0.1) is 0 Å². The monoisotopic (exact) mass is 285 g/mol. The molecule has 0 aromatic heterocycles. The van der Waals surface area contributed by atoms with Crippen molar-refractivity contribution in [2.75, 3.05) is 13.7 Å². The zero-order valence-corrected chi connectivity index (χ0v) is 12.6. The molecule has 0 atom stereocenters. The first-order chi connectivity index (χ1) is 10.3. The smallest absolute Gasteiger partial charge is 0.244 e. The molecule has 1 aromatic carbocycles. The van der Waals surface area contributed by atoms with Gasteiger partial charge < -0.3 is 10.1 Å². The van der Waals surface area contributed by atoms with Crippen LogP contribution in [0.1, 0.15) is 37.7 Å². The molecule has 0 radical (unpaired) electrons. The average molecular weight is 285 g/mol. The third-order valence-electron chi connectivity index (χ3n) is 3.67. The third kappa shape index (κ3) is 5.46. The van der Waals surface area contributed by atoms with Crippen LogP contribution in [0.25, 0.3) is 6.08 Å². The summed E-state index contributed by atoms with van der Waals surface area (Å²) < 4.78 is 5.10. The summed E-state index contributed by atoms with van der Waals surface area (Å²) in [4.78, 5) is 11.7. The van der Waals surface area contributed by atoms with Crippen molar-refractivity contribution in [1.82, 2.24) is 5.32 Å². The SMILES string of the molecule is COc1ccc(C=CC(=O)NCCC2=CCCCC2)cc1. The van der Waals surface area contributed by atoms with Gasteiger partial charge in [0.1, 0.15) is 5.75 Å². The minimum absolute atomic E-state index is 0.0396. The minimum atomic E-state index is -0.0396. The van der Waals surface area contributed by atoms with E-state index in [0.29, 0.717) is 0 Å². The lowest BCUT2D eigenvalue weighted by Gasteiger charge is -2.12. The van der Waals surface area contributed by atoms with Crippen molar-refractivity contribution >= 4 is 12.0 Å². The van der Waals surface area contributed by atoms with Gasteiger partial charge in [0.15, 0.2) is 0 Å². The summed E-state index contributed by atoms with van der Waals surface area (Å²) in [6.45, 7) is 0.720. The Morgan fingerprint density at radius 2 is 2.10 bits per heavy atom. The summed E-state index contributed by atoms with van der Waals surface area (Å²) in [6, 6.07) is 7.62. The van der Waals surface area contributed by atoms with Gasteiger partial charge in [-0.25, -0.2) is 0 Å². The predicted octanol–water partition coefficient (Wildman–Crippen LogP) is 3.72. The summed E-state index contributed by atoms with van der Waals surface area (Å²) in [6.07, 6.45) is 11.7. The van der Waals surface area contributed by atoms with Crippen molar-refractivity contribution in [2.45, 2.75) is 32.1 Å². The number of carbonyl (C=O) groups is 1. The van der Waals surface area contributed by atoms with Crippen LogP contribution in [0.3, 0.4) is 0 Å². The van der Waals surface area contributed by atoms with Gasteiger partial charge in [0.2, 0.25) is 5.91 Å². The standard InChI is InChI=1S/C18H23NO2/c1-21-17-10-7-16(8-11-17)9-12-18(20)19-14-13-15-5-3-2-4-6-15/h5,7-12H,2-4,6,13-14H2,1H3,(H,19,20). The van der Waals surface area contributed by atoms with E-state index in [4.69, 9.17) is 4.74 Å². The predicted molar refractivity (Wildman–Crippen MR) is 86.2 cm³/mol. The summed E-state index contributed by atoms with van der Waals surface area (Å²) in [5.41, 5.74) is 2.47. The van der Waals surface area contributed by atoms with Crippen molar-refractivity contribution in [1.29, 1.82) is 0 Å². The lowest BCUT2D eigenvalue weighted by molar-refractivity contribution is -0.116. The molecule has 0 saturated heterocycles. The molecule has 21 heavy (non-hydrogen) atoms.